The molecule has 0 spiro atoms. The molecule has 0 fully saturated rings. The van der Waals surface area contributed by atoms with Gasteiger partial charge in [-0.05, 0) is 42.8 Å². The van der Waals surface area contributed by atoms with Crippen molar-refractivity contribution < 1.29 is 4.74 Å². The van der Waals surface area contributed by atoms with Crippen molar-refractivity contribution in [3.63, 3.8) is 0 Å². The fourth-order valence-corrected chi connectivity index (χ4v) is 2.96. The molecule has 5 nitrogen and oxygen atoms in total. The average Bonchev–Trinajstić information content (AvgIpc) is 3.08. The lowest BCUT2D eigenvalue weighted by molar-refractivity contribution is 0.414. The van der Waals surface area contributed by atoms with Crippen molar-refractivity contribution in [2.75, 3.05) is 12.4 Å². The molecule has 2 aromatic carbocycles. The Morgan fingerprint density at radius 1 is 1.08 bits per heavy atom. The highest BCUT2D eigenvalue weighted by Crippen LogP contribution is 2.29. The molecule has 24 heavy (non-hydrogen) atoms. The number of fused-ring (bicyclic) bond motifs is 3. The molecule has 0 atom stereocenters. The first-order valence-corrected chi connectivity index (χ1v) is 7.84. The number of nitrogens with one attached hydrogen (secondary N) is 2. The topological polar surface area (TPSA) is 62.8 Å². The number of H-pyrrole nitrogens is 1. The van der Waals surface area contributed by atoms with E-state index in [0.717, 1.165) is 45.6 Å². The van der Waals surface area contributed by atoms with Crippen LogP contribution in [-0.4, -0.2) is 22.1 Å². The Balaban J connectivity index is 1.73. The molecule has 5 heteroatoms. The second-order valence-electron chi connectivity index (χ2n) is 5.80. The van der Waals surface area contributed by atoms with Gasteiger partial charge in [0.1, 0.15) is 17.6 Å². The highest BCUT2D eigenvalue weighted by molar-refractivity contribution is 6.09. The summed E-state index contributed by atoms with van der Waals surface area (Å²) in [6, 6.07) is 14.2. The minimum absolute atomic E-state index is 0.729. The van der Waals surface area contributed by atoms with Gasteiger partial charge in [0, 0.05) is 28.8 Å². The van der Waals surface area contributed by atoms with Crippen LogP contribution in [0.3, 0.4) is 0 Å². The van der Waals surface area contributed by atoms with Crippen LogP contribution in [0.4, 0.5) is 5.69 Å². The summed E-state index contributed by atoms with van der Waals surface area (Å²) in [5, 5.41) is 4.61. The number of aryl methyl sites for hydroxylation is 1. The normalized spacial score (nSPS) is 11.1. The number of nitrogens with zero attached hydrogens (tertiary/aromatic N) is 2. The van der Waals surface area contributed by atoms with E-state index in [9.17, 15) is 0 Å². The molecule has 0 saturated heterocycles. The van der Waals surface area contributed by atoms with Gasteiger partial charge in [0.2, 0.25) is 0 Å². The van der Waals surface area contributed by atoms with Crippen LogP contribution in [0.5, 0.6) is 5.75 Å². The molecular weight excluding hydrogens is 300 g/mol. The van der Waals surface area contributed by atoms with Gasteiger partial charge < -0.3 is 15.0 Å². The lowest BCUT2D eigenvalue weighted by Gasteiger charge is -2.12. The summed E-state index contributed by atoms with van der Waals surface area (Å²) in [4.78, 5) is 12.1. The number of aromatic nitrogens is 3. The highest BCUT2D eigenvalue weighted by Gasteiger charge is 2.10. The number of benzene rings is 2. The quantitative estimate of drug-likeness (QED) is 0.596. The first-order valence-electron chi connectivity index (χ1n) is 7.84. The number of hydrogen-bond acceptors (Lipinski definition) is 4. The third kappa shape index (κ3) is 2.54. The molecular formula is C19H18N4O. The molecule has 0 aliphatic carbocycles. The van der Waals surface area contributed by atoms with Crippen LogP contribution in [0, 0.1) is 6.92 Å². The maximum Gasteiger partial charge on any atom is 0.118 e. The summed E-state index contributed by atoms with van der Waals surface area (Å²) in [7, 11) is 1.68. The number of aromatic amines is 1. The van der Waals surface area contributed by atoms with E-state index in [2.05, 4.69) is 51.5 Å². The van der Waals surface area contributed by atoms with Gasteiger partial charge >= 0.3 is 0 Å². The van der Waals surface area contributed by atoms with Gasteiger partial charge in [-0.25, -0.2) is 9.97 Å². The number of anilines is 1. The number of imidazole rings is 1. The van der Waals surface area contributed by atoms with E-state index in [1.54, 1.807) is 13.4 Å². The van der Waals surface area contributed by atoms with Crippen LogP contribution in [-0.2, 0) is 6.54 Å². The molecule has 4 rings (SSSR count). The molecule has 2 aromatic heterocycles. The fraction of sp³-hybridized carbons (Fsp3) is 0.158. The Labute approximate surface area is 139 Å². The predicted octanol–water partition coefficient (Wildman–Crippen LogP) is 4.04. The Morgan fingerprint density at radius 2 is 1.92 bits per heavy atom. The van der Waals surface area contributed by atoms with E-state index in [4.69, 9.17) is 4.74 Å². The maximum absolute atomic E-state index is 5.20. The van der Waals surface area contributed by atoms with Gasteiger partial charge in [-0.1, -0.05) is 12.1 Å². The van der Waals surface area contributed by atoms with Crippen molar-refractivity contribution in [3.05, 3.63) is 60.0 Å². The third-order valence-electron chi connectivity index (χ3n) is 4.14. The van der Waals surface area contributed by atoms with Gasteiger partial charge in [-0.3, -0.25) is 0 Å². The molecule has 0 aliphatic rings. The Kier molecular flexibility index (Phi) is 3.54. The van der Waals surface area contributed by atoms with Crippen LogP contribution in [0.2, 0.25) is 0 Å². The Bertz CT molecular complexity index is 1010. The van der Waals surface area contributed by atoms with Gasteiger partial charge in [0.05, 0.1) is 12.6 Å². The molecule has 0 unspecified atom stereocenters. The Morgan fingerprint density at radius 3 is 2.71 bits per heavy atom. The van der Waals surface area contributed by atoms with Crippen molar-refractivity contribution in [1.29, 1.82) is 0 Å². The molecule has 0 saturated carbocycles. The second-order valence-corrected chi connectivity index (χ2v) is 5.80. The van der Waals surface area contributed by atoms with E-state index in [1.807, 2.05) is 18.2 Å². The summed E-state index contributed by atoms with van der Waals surface area (Å²) in [5.41, 5.74) is 6.23. The van der Waals surface area contributed by atoms with Crippen molar-refractivity contribution in [2.24, 2.45) is 0 Å². The summed E-state index contributed by atoms with van der Waals surface area (Å²) >= 11 is 0. The highest BCUT2D eigenvalue weighted by atomic mass is 16.5. The molecule has 0 aliphatic heterocycles. The molecule has 2 heterocycles. The molecule has 2 N–H and O–H groups in total. The third-order valence-corrected chi connectivity index (χ3v) is 4.14. The first-order chi connectivity index (χ1) is 11.7. The summed E-state index contributed by atoms with van der Waals surface area (Å²) in [6.45, 7) is 2.78. The zero-order valence-electron chi connectivity index (χ0n) is 13.6. The van der Waals surface area contributed by atoms with Crippen LogP contribution in [0.15, 0.2) is 48.8 Å². The van der Waals surface area contributed by atoms with Crippen molar-refractivity contribution in [2.45, 2.75) is 13.5 Å². The maximum atomic E-state index is 5.20. The number of pyridine rings is 1. The van der Waals surface area contributed by atoms with E-state index >= 15 is 0 Å². The van der Waals surface area contributed by atoms with Crippen LogP contribution in [0.1, 0.15) is 11.3 Å². The van der Waals surface area contributed by atoms with E-state index in [0.29, 0.717) is 0 Å². The largest absolute Gasteiger partial charge is 0.497 e. The van der Waals surface area contributed by atoms with Crippen molar-refractivity contribution >= 4 is 27.6 Å². The minimum atomic E-state index is 0.729. The van der Waals surface area contributed by atoms with Gasteiger partial charge in [0.15, 0.2) is 0 Å². The van der Waals surface area contributed by atoms with Crippen LogP contribution >= 0.6 is 0 Å². The number of hydrogen-bond donors (Lipinski definition) is 2. The van der Waals surface area contributed by atoms with Crippen molar-refractivity contribution in [3.8, 4) is 5.75 Å². The molecule has 120 valence electrons. The van der Waals surface area contributed by atoms with Crippen LogP contribution in [0.25, 0.3) is 21.9 Å². The van der Waals surface area contributed by atoms with Gasteiger partial charge in [-0.2, -0.15) is 0 Å². The standard InChI is InChI=1S/C19H18N4O/c1-12-9-17(20-10-13-3-5-14(24-2)6-4-13)18-15(23-12)7-8-16-19(18)22-11-21-16/h3-9,11,20,23H,10H2,1-2H3. The number of rotatable bonds is 4. The zero-order valence-corrected chi connectivity index (χ0v) is 13.6. The zero-order chi connectivity index (χ0) is 16.5. The van der Waals surface area contributed by atoms with Crippen LogP contribution < -0.4 is 10.1 Å². The van der Waals surface area contributed by atoms with Crippen molar-refractivity contribution in [1.82, 2.24) is 15.0 Å². The molecule has 0 bridgehead atoms. The SMILES string of the molecule is COc1ccc(CNc2cc(C)[nH]c3ccc4ncnc4c23)cc1. The first kappa shape index (κ1) is 14.5. The van der Waals surface area contributed by atoms with E-state index in [1.165, 1.54) is 5.56 Å². The fourth-order valence-electron chi connectivity index (χ4n) is 2.96. The smallest absolute Gasteiger partial charge is 0.118 e. The summed E-state index contributed by atoms with van der Waals surface area (Å²) in [5.74, 6) is 0.864. The van der Waals surface area contributed by atoms with Gasteiger partial charge in [-0.15, -0.1) is 0 Å². The monoisotopic (exact) mass is 318 g/mol. The van der Waals surface area contributed by atoms with Gasteiger partial charge in [0.25, 0.3) is 0 Å². The van der Waals surface area contributed by atoms with E-state index in [-0.39, 0.29) is 0 Å². The second kappa shape index (κ2) is 5.85. The Hall–Kier alpha value is -3.08. The molecule has 0 amide bonds. The molecule has 0 radical (unpaired) electrons. The lowest BCUT2D eigenvalue weighted by Crippen LogP contribution is -2.01. The summed E-state index contributed by atoms with van der Waals surface area (Å²) in [6.07, 6.45) is 1.61. The molecule has 4 aromatic rings. The number of methoxy groups -OCH3 is 1. The average molecular weight is 318 g/mol. The summed E-state index contributed by atoms with van der Waals surface area (Å²) < 4.78 is 5.20. The predicted molar refractivity (Wildman–Crippen MR) is 96.5 cm³/mol. The minimum Gasteiger partial charge on any atom is -0.497 e. The lowest BCUT2D eigenvalue weighted by atomic mass is 10.1. The number of ether oxygens (including phenoxy) is 1. The van der Waals surface area contributed by atoms with E-state index < -0.39 is 0 Å².